The summed E-state index contributed by atoms with van der Waals surface area (Å²) in [6.07, 6.45) is 7.21. The summed E-state index contributed by atoms with van der Waals surface area (Å²) < 4.78 is 4.95. The summed E-state index contributed by atoms with van der Waals surface area (Å²) in [5.74, 6) is 0.911. The maximum absolute atomic E-state index is 9.66. The average Bonchev–Trinajstić information content (AvgIpc) is 2.68. The summed E-state index contributed by atoms with van der Waals surface area (Å²) in [4.78, 5) is 0. The first-order valence-corrected chi connectivity index (χ1v) is 6.66. The molecule has 1 aliphatic carbocycles. The van der Waals surface area contributed by atoms with Gasteiger partial charge in [-0.05, 0) is 25.7 Å². The molecule has 3 heteroatoms. The first kappa shape index (κ1) is 12.3. The lowest BCUT2D eigenvalue weighted by atomic mass is 10.2. The van der Waals surface area contributed by atoms with Gasteiger partial charge in [0.05, 0.1) is 6.10 Å². The first-order valence-electron chi connectivity index (χ1n) is 5.61. The second kappa shape index (κ2) is 7.55. The van der Waals surface area contributed by atoms with Crippen LogP contribution in [0.5, 0.6) is 0 Å². The van der Waals surface area contributed by atoms with Crippen molar-refractivity contribution in [2.75, 3.05) is 19.5 Å². The summed E-state index contributed by atoms with van der Waals surface area (Å²) in [7, 11) is 1.71. The van der Waals surface area contributed by atoms with E-state index in [1.807, 2.05) is 11.8 Å². The molecular formula is C11H22O2S. The van der Waals surface area contributed by atoms with Crippen molar-refractivity contribution in [1.29, 1.82) is 0 Å². The largest absolute Gasteiger partial charge is 0.392 e. The Kier molecular flexibility index (Phi) is 6.65. The third kappa shape index (κ3) is 5.23. The van der Waals surface area contributed by atoms with Crippen LogP contribution in [0.3, 0.4) is 0 Å². The van der Waals surface area contributed by atoms with E-state index >= 15 is 0 Å². The smallest absolute Gasteiger partial charge is 0.0631 e. The fourth-order valence-electron chi connectivity index (χ4n) is 1.85. The van der Waals surface area contributed by atoms with E-state index in [0.29, 0.717) is 0 Å². The highest BCUT2D eigenvalue weighted by atomic mass is 32.2. The molecule has 0 heterocycles. The number of aliphatic hydroxyl groups is 1. The highest BCUT2D eigenvalue weighted by Gasteiger charge is 2.16. The van der Waals surface area contributed by atoms with Crippen LogP contribution in [-0.4, -0.2) is 35.9 Å². The van der Waals surface area contributed by atoms with E-state index in [2.05, 4.69) is 0 Å². The van der Waals surface area contributed by atoms with Crippen LogP contribution in [0.1, 0.15) is 38.5 Å². The molecule has 0 aliphatic heterocycles. The zero-order chi connectivity index (χ0) is 10.2. The van der Waals surface area contributed by atoms with E-state index in [1.54, 1.807) is 7.11 Å². The fraction of sp³-hybridized carbons (Fsp3) is 1.00. The molecular weight excluding hydrogens is 196 g/mol. The Morgan fingerprint density at radius 1 is 1.43 bits per heavy atom. The molecule has 0 aromatic rings. The normalized spacial score (nSPS) is 20.1. The molecule has 0 aromatic heterocycles. The van der Waals surface area contributed by atoms with Gasteiger partial charge in [0.1, 0.15) is 0 Å². The molecule has 0 radical (unpaired) electrons. The number of methoxy groups -OCH3 is 1. The first-order chi connectivity index (χ1) is 6.83. The Labute approximate surface area is 91.4 Å². The molecule has 0 saturated heterocycles. The molecule has 0 bridgehead atoms. The average molecular weight is 218 g/mol. The molecule has 1 aliphatic rings. The third-order valence-electron chi connectivity index (χ3n) is 2.71. The maximum atomic E-state index is 9.66. The summed E-state index contributed by atoms with van der Waals surface area (Å²) in [6, 6.07) is 0. The molecule has 0 spiro atoms. The van der Waals surface area contributed by atoms with E-state index in [4.69, 9.17) is 4.74 Å². The van der Waals surface area contributed by atoms with Gasteiger partial charge in [-0.3, -0.25) is 0 Å². The van der Waals surface area contributed by atoms with Crippen molar-refractivity contribution in [3.8, 4) is 0 Å². The summed E-state index contributed by atoms with van der Waals surface area (Å²) in [5, 5.41) is 10.5. The van der Waals surface area contributed by atoms with Gasteiger partial charge in [-0.15, -0.1) is 0 Å². The fourth-order valence-corrected chi connectivity index (χ4v) is 3.18. The summed E-state index contributed by atoms with van der Waals surface area (Å²) in [6.45, 7) is 0.769. The van der Waals surface area contributed by atoms with Crippen molar-refractivity contribution >= 4 is 11.8 Å². The number of hydrogen-bond donors (Lipinski definition) is 1. The number of aliphatic hydroxyl groups excluding tert-OH is 1. The van der Waals surface area contributed by atoms with E-state index < -0.39 is 0 Å². The van der Waals surface area contributed by atoms with Gasteiger partial charge < -0.3 is 9.84 Å². The zero-order valence-electron chi connectivity index (χ0n) is 9.08. The molecule has 2 nitrogen and oxygen atoms in total. The van der Waals surface area contributed by atoms with Gasteiger partial charge >= 0.3 is 0 Å². The predicted molar refractivity (Wildman–Crippen MR) is 61.8 cm³/mol. The highest BCUT2D eigenvalue weighted by molar-refractivity contribution is 7.99. The van der Waals surface area contributed by atoms with Crippen LogP contribution in [0.2, 0.25) is 0 Å². The standard InChI is InChI=1S/C11H22O2S/c1-13-8-4-5-10(12)9-14-11-6-2-3-7-11/h10-12H,2-9H2,1H3. The SMILES string of the molecule is COCCCC(O)CSC1CCCC1. The molecule has 1 saturated carbocycles. The van der Waals surface area contributed by atoms with Gasteiger partial charge in [0.2, 0.25) is 0 Å². The predicted octanol–water partition coefficient (Wildman–Crippen LogP) is 2.45. The van der Waals surface area contributed by atoms with Gasteiger partial charge in [-0.25, -0.2) is 0 Å². The molecule has 1 atom stereocenters. The second-order valence-electron chi connectivity index (χ2n) is 4.03. The molecule has 0 amide bonds. The Bertz CT molecular complexity index is 135. The van der Waals surface area contributed by atoms with Crippen molar-refractivity contribution in [3.63, 3.8) is 0 Å². The van der Waals surface area contributed by atoms with Crippen molar-refractivity contribution in [2.24, 2.45) is 0 Å². The van der Waals surface area contributed by atoms with Gasteiger partial charge in [0.15, 0.2) is 0 Å². The van der Waals surface area contributed by atoms with E-state index in [0.717, 1.165) is 30.5 Å². The van der Waals surface area contributed by atoms with Crippen LogP contribution in [0.4, 0.5) is 0 Å². The van der Waals surface area contributed by atoms with Crippen LogP contribution in [-0.2, 0) is 4.74 Å². The topological polar surface area (TPSA) is 29.5 Å². The maximum Gasteiger partial charge on any atom is 0.0631 e. The number of thioether (sulfide) groups is 1. The van der Waals surface area contributed by atoms with Crippen molar-refractivity contribution in [1.82, 2.24) is 0 Å². The Balaban J connectivity index is 1.93. The number of hydrogen-bond acceptors (Lipinski definition) is 3. The molecule has 1 unspecified atom stereocenters. The minimum atomic E-state index is -0.129. The number of rotatable bonds is 7. The minimum Gasteiger partial charge on any atom is -0.392 e. The Morgan fingerprint density at radius 3 is 2.79 bits per heavy atom. The van der Waals surface area contributed by atoms with Gasteiger partial charge in [-0.1, -0.05) is 12.8 Å². The van der Waals surface area contributed by atoms with Crippen molar-refractivity contribution in [3.05, 3.63) is 0 Å². The van der Waals surface area contributed by atoms with Gasteiger partial charge in [0.25, 0.3) is 0 Å². The van der Waals surface area contributed by atoms with E-state index in [9.17, 15) is 5.11 Å². The van der Waals surface area contributed by atoms with Gasteiger partial charge in [0, 0.05) is 24.7 Å². The van der Waals surface area contributed by atoms with Crippen LogP contribution in [0.15, 0.2) is 0 Å². The number of ether oxygens (including phenoxy) is 1. The third-order valence-corrected chi connectivity index (χ3v) is 4.23. The van der Waals surface area contributed by atoms with Crippen LogP contribution >= 0.6 is 11.8 Å². The molecule has 0 aromatic carbocycles. The lowest BCUT2D eigenvalue weighted by Crippen LogP contribution is -2.13. The lowest BCUT2D eigenvalue weighted by Gasteiger charge is -2.13. The Hall–Kier alpha value is 0.270. The van der Waals surface area contributed by atoms with Crippen LogP contribution < -0.4 is 0 Å². The quantitative estimate of drug-likeness (QED) is 0.666. The summed E-state index contributed by atoms with van der Waals surface area (Å²) in [5.41, 5.74) is 0. The molecule has 14 heavy (non-hydrogen) atoms. The second-order valence-corrected chi connectivity index (χ2v) is 5.36. The minimum absolute atomic E-state index is 0.129. The summed E-state index contributed by atoms with van der Waals surface area (Å²) >= 11 is 1.96. The lowest BCUT2D eigenvalue weighted by molar-refractivity contribution is 0.149. The Morgan fingerprint density at radius 2 is 2.14 bits per heavy atom. The van der Waals surface area contributed by atoms with E-state index in [-0.39, 0.29) is 6.10 Å². The van der Waals surface area contributed by atoms with E-state index in [1.165, 1.54) is 25.7 Å². The van der Waals surface area contributed by atoms with Crippen LogP contribution in [0, 0.1) is 0 Å². The zero-order valence-corrected chi connectivity index (χ0v) is 9.89. The van der Waals surface area contributed by atoms with Crippen molar-refractivity contribution in [2.45, 2.75) is 49.9 Å². The molecule has 84 valence electrons. The van der Waals surface area contributed by atoms with Gasteiger partial charge in [-0.2, -0.15) is 11.8 Å². The monoisotopic (exact) mass is 218 g/mol. The van der Waals surface area contributed by atoms with Crippen LogP contribution in [0.25, 0.3) is 0 Å². The molecule has 1 N–H and O–H groups in total. The van der Waals surface area contributed by atoms with Crippen molar-refractivity contribution < 1.29 is 9.84 Å². The molecule has 1 rings (SSSR count). The molecule has 1 fully saturated rings. The highest BCUT2D eigenvalue weighted by Crippen LogP contribution is 2.29.